The minimum absolute atomic E-state index is 0.0160. The molecule has 0 bridgehead atoms. The Morgan fingerprint density at radius 3 is 2.26 bits per heavy atom. The molecule has 1 aromatic heterocycles. The van der Waals surface area contributed by atoms with Crippen molar-refractivity contribution < 1.29 is 18.0 Å². The normalized spacial score (nSPS) is 12.2. The molecule has 0 fully saturated rings. The van der Waals surface area contributed by atoms with Gasteiger partial charge in [0.2, 0.25) is 21.8 Å². The summed E-state index contributed by atoms with van der Waals surface area (Å²) in [5, 5.41) is 5.63. The van der Waals surface area contributed by atoms with E-state index in [4.69, 9.17) is 0 Å². The molecular formula is C21H22N4O4S2. The van der Waals surface area contributed by atoms with Gasteiger partial charge in [0, 0.05) is 12.6 Å². The summed E-state index contributed by atoms with van der Waals surface area (Å²) in [6, 6.07) is 14.3. The number of benzene rings is 2. The van der Waals surface area contributed by atoms with E-state index in [9.17, 15) is 18.0 Å². The van der Waals surface area contributed by atoms with Crippen LogP contribution in [0.2, 0.25) is 0 Å². The van der Waals surface area contributed by atoms with E-state index in [-0.39, 0.29) is 10.8 Å². The lowest BCUT2D eigenvalue weighted by molar-refractivity contribution is -0.117. The van der Waals surface area contributed by atoms with Gasteiger partial charge in [-0.25, -0.2) is 13.4 Å². The predicted octanol–water partition coefficient (Wildman–Crippen LogP) is 3.38. The Bertz CT molecular complexity index is 1190. The second-order valence-electron chi connectivity index (χ2n) is 6.84. The molecule has 0 unspecified atom stereocenters. The fourth-order valence-electron chi connectivity index (χ4n) is 2.80. The Morgan fingerprint density at radius 1 is 1.00 bits per heavy atom. The molecule has 1 heterocycles. The maximum absolute atomic E-state index is 12.6. The third kappa shape index (κ3) is 5.75. The van der Waals surface area contributed by atoms with Gasteiger partial charge in [-0.15, -0.1) is 0 Å². The highest BCUT2D eigenvalue weighted by molar-refractivity contribution is 7.89. The Hall–Kier alpha value is -3.08. The number of nitrogens with zero attached hydrogens (tertiary/aromatic N) is 1. The zero-order valence-electron chi connectivity index (χ0n) is 17.2. The Kier molecular flexibility index (Phi) is 6.84. The Balaban J connectivity index is 1.67. The fraction of sp³-hybridized carbons (Fsp3) is 0.190. The standard InChI is InChI=1S/C21H22N4O4S2/c1-13-19(16-7-5-4-6-8-16)30-21(22-13)24-20(27)14(2)25-31(28,29)18-11-9-17(10-12-18)23-15(3)26/h4-12,14,25H,1-3H3,(H,23,26)(H,22,24,27)/t14-/m0/s1. The number of hydrogen-bond donors (Lipinski definition) is 3. The second kappa shape index (κ2) is 9.38. The molecule has 0 saturated heterocycles. The van der Waals surface area contributed by atoms with Crippen LogP contribution in [-0.4, -0.2) is 31.3 Å². The van der Waals surface area contributed by atoms with Gasteiger partial charge in [-0.2, -0.15) is 4.72 Å². The summed E-state index contributed by atoms with van der Waals surface area (Å²) in [7, 11) is -3.93. The van der Waals surface area contributed by atoms with Crippen LogP contribution in [0.5, 0.6) is 0 Å². The lowest BCUT2D eigenvalue weighted by Gasteiger charge is -2.13. The first kappa shape index (κ1) is 22.6. The molecule has 0 radical (unpaired) electrons. The molecule has 0 aliphatic heterocycles. The van der Waals surface area contributed by atoms with E-state index in [0.29, 0.717) is 10.8 Å². The lowest BCUT2D eigenvalue weighted by atomic mass is 10.2. The van der Waals surface area contributed by atoms with Crippen molar-refractivity contribution in [1.82, 2.24) is 9.71 Å². The van der Waals surface area contributed by atoms with E-state index >= 15 is 0 Å². The van der Waals surface area contributed by atoms with E-state index in [1.807, 2.05) is 37.3 Å². The molecule has 0 aliphatic rings. The van der Waals surface area contributed by atoms with Gasteiger partial charge in [0.1, 0.15) is 0 Å². The second-order valence-corrected chi connectivity index (χ2v) is 9.55. The third-order valence-corrected chi connectivity index (χ3v) is 6.95. The number of aryl methyl sites for hydroxylation is 1. The van der Waals surface area contributed by atoms with E-state index in [1.165, 1.54) is 49.4 Å². The number of aromatic nitrogens is 1. The first-order valence-corrected chi connectivity index (χ1v) is 11.7. The summed E-state index contributed by atoms with van der Waals surface area (Å²) < 4.78 is 27.5. The summed E-state index contributed by atoms with van der Waals surface area (Å²) in [6.07, 6.45) is 0. The number of thiazole rings is 1. The van der Waals surface area contributed by atoms with Crippen molar-refractivity contribution in [3.8, 4) is 10.4 Å². The summed E-state index contributed by atoms with van der Waals surface area (Å²) in [5.74, 6) is -0.779. The van der Waals surface area contributed by atoms with Crippen molar-refractivity contribution in [2.75, 3.05) is 10.6 Å². The smallest absolute Gasteiger partial charge is 0.244 e. The van der Waals surface area contributed by atoms with Crippen LogP contribution in [0.25, 0.3) is 10.4 Å². The molecule has 162 valence electrons. The average molecular weight is 459 g/mol. The monoisotopic (exact) mass is 458 g/mol. The van der Waals surface area contributed by atoms with Crippen LogP contribution in [0.4, 0.5) is 10.8 Å². The van der Waals surface area contributed by atoms with E-state index < -0.39 is 22.0 Å². The first-order chi connectivity index (χ1) is 14.7. The number of anilines is 2. The molecule has 3 aromatic rings. The van der Waals surface area contributed by atoms with Crippen LogP contribution in [0.15, 0.2) is 59.5 Å². The largest absolute Gasteiger partial charge is 0.326 e. The average Bonchev–Trinajstić information content (AvgIpc) is 3.08. The van der Waals surface area contributed by atoms with Gasteiger partial charge in [-0.3, -0.25) is 9.59 Å². The fourth-order valence-corrected chi connectivity index (χ4v) is 4.97. The zero-order chi connectivity index (χ0) is 22.6. The molecular weight excluding hydrogens is 436 g/mol. The molecule has 3 rings (SSSR count). The number of carbonyl (C=O) groups is 2. The highest BCUT2D eigenvalue weighted by atomic mass is 32.2. The maximum atomic E-state index is 12.6. The highest BCUT2D eigenvalue weighted by Gasteiger charge is 2.23. The number of amides is 2. The minimum atomic E-state index is -3.93. The van der Waals surface area contributed by atoms with Crippen molar-refractivity contribution in [3.05, 3.63) is 60.3 Å². The number of rotatable bonds is 7. The number of sulfonamides is 1. The van der Waals surface area contributed by atoms with Crippen LogP contribution in [0, 0.1) is 6.92 Å². The van der Waals surface area contributed by atoms with E-state index in [1.54, 1.807) is 0 Å². The van der Waals surface area contributed by atoms with Crippen molar-refractivity contribution >= 4 is 44.0 Å². The van der Waals surface area contributed by atoms with Crippen molar-refractivity contribution in [3.63, 3.8) is 0 Å². The maximum Gasteiger partial charge on any atom is 0.244 e. The molecule has 31 heavy (non-hydrogen) atoms. The Morgan fingerprint density at radius 2 is 1.65 bits per heavy atom. The first-order valence-electron chi connectivity index (χ1n) is 9.39. The molecule has 0 spiro atoms. The highest BCUT2D eigenvalue weighted by Crippen LogP contribution is 2.32. The van der Waals surface area contributed by atoms with Gasteiger partial charge in [0.15, 0.2) is 5.13 Å². The lowest BCUT2D eigenvalue weighted by Crippen LogP contribution is -2.41. The van der Waals surface area contributed by atoms with Crippen molar-refractivity contribution in [2.45, 2.75) is 31.7 Å². The summed E-state index contributed by atoms with van der Waals surface area (Å²) in [6.45, 7) is 4.67. The number of carbonyl (C=O) groups excluding carboxylic acids is 2. The quantitative estimate of drug-likeness (QED) is 0.502. The predicted molar refractivity (Wildman–Crippen MR) is 121 cm³/mol. The van der Waals surface area contributed by atoms with Crippen molar-refractivity contribution in [1.29, 1.82) is 0 Å². The molecule has 3 N–H and O–H groups in total. The van der Waals surface area contributed by atoms with Crippen LogP contribution in [0.3, 0.4) is 0 Å². The van der Waals surface area contributed by atoms with Gasteiger partial charge < -0.3 is 10.6 Å². The van der Waals surface area contributed by atoms with Gasteiger partial charge in [-0.1, -0.05) is 41.7 Å². The van der Waals surface area contributed by atoms with Gasteiger partial charge in [0.25, 0.3) is 0 Å². The summed E-state index contributed by atoms with van der Waals surface area (Å²) in [4.78, 5) is 28.9. The van der Waals surface area contributed by atoms with Crippen molar-refractivity contribution in [2.24, 2.45) is 0 Å². The zero-order valence-corrected chi connectivity index (χ0v) is 18.8. The third-order valence-electron chi connectivity index (χ3n) is 4.27. The van der Waals surface area contributed by atoms with Crippen LogP contribution in [0.1, 0.15) is 19.5 Å². The Labute approximate surface area is 184 Å². The molecule has 1 atom stereocenters. The molecule has 2 amide bonds. The van der Waals surface area contributed by atoms with E-state index in [0.717, 1.165) is 16.1 Å². The van der Waals surface area contributed by atoms with Gasteiger partial charge >= 0.3 is 0 Å². The van der Waals surface area contributed by atoms with Crippen LogP contribution in [-0.2, 0) is 19.6 Å². The molecule has 8 nitrogen and oxygen atoms in total. The van der Waals surface area contributed by atoms with Gasteiger partial charge in [0.05, 0.1) is 21.5 Å². The number of nitrogens with one attached hydrogen (secondary N) is 3. The van der Waals surface area contributed by atoms with Crippen LogP contribution >= 0.6 is 11.3 Å². The molecule has 10 heteroatoms. The molecule has 0 aliphatic carbocycles. The van der Waals surface area contributed by atoms with Crippen LogP contribution < -0.4 is 15.4 Å². The molecule has 0 saturated carbocycles. The van der Waals surface area contributed by atoms with E-state index in [2.05, 4.69) is 20.3 Å². The van der Waals surface area contributed by atoms with Gasteiger partial charge in [-0.05, 0) is 43.7 Å². The number of hydrogen-bond acceptors (Lipinski definition) is 6. The summed E-state index contributed by atoms with van der Waals surface area (Å²) in [5.41, 5.74) is 2.25. The minimum Gasteiger partial charge on any atom is -0.326 e. The topological polar surface area (TPSA) is 117 Å². The summed E-state index contributed by atoms with van der Waals surface area (Å²) >= 11 is 1.32. The SMILES string of the molecule is CC(=O)Nc1ccc(S(=O)(=O)N[C@@H](C)C(=O)Nc2nc(C)c(-c3ccccc3)s2)cc1. The molecule has 2 aromatic carbocycles.